The van der Waals surface area contributed by atoms with Crippen LogP contribution in [0.1, 0.15) is 24.1 Å². The van der Waals surface area contributed by atoms with E-state index in [-0.39, 0.29) is 12.3 Å². The van der Waals surface area contributed by atoms with E-state index in [1.54, 1.807) is 6.33 Å². The van der Waals surface area contributed by atoms with E-state index in [0.717, 1.165) is 49.9 Å². The zero-order valence-corrected chi connectivity index (χ0v) is 19.2. The minimum Gasteiger partial charge on any atom is -0.367 e. The van der Waals surface area contributed by atoms with Crippen LogP contribution in [0, 0.1) is 0 Å². The lowest BCUT2D eigenvalue weighted by atomic mass is 10.0. The molecule has 6 rings (SSSR count). The van der Waals surface area contributed by atoms with Gasteiger partial charge in [0.25, 0.3) is 0 Å². The van der Waals surface area contributed by atoms with Crippen molar-refractivity contribution < 1.29 is 4.79 Å². The standard InChI is InChI=1S/C29H25N5O/c35-28(15-25-13-21-5-1-2-6-23(21)17-30-25)31-16-19-4-3-7-20(12-19)22-8-11-27-26(14-22)29(33-18-32-27)34-24-9-10-24/h1-8,11-14,17-18,24H,9-10,15-16H2,(H,31,35)(H,32,33,34). The third-order valence-electron chi connectivity index (χ3n) is 6.33. The van der Waals surface area contributed by atoms with Gasteiger partial charge >= 0.3 is 0 Å². The number of carbonyl (C=O) groups excluding carboxylic acids is 1. The van der Waals surface area contributed by atoms with Gasteiger partial charge in [-0.1, -0.05) is 48.5 Å². The highest BCUT2D eigenvalue weighted by Crippen LogP contribution is 2.30. The van der Waals surface area contributed by atoms with Crippen molar-refractivity contribution in [1.82, 2.24) is 20.3 Å². The minimum atomic E-state index is -0.0446. The fraction of sp³-hybridized carbons (Fsp3) is 0.172. The van der Waals surface area contributed by atoms with Crippen LogP contribution in [-0.4, -0.2) is 26.9 Å². The summed E-state index contributed by atoms with van der Waals surface area (Å²) in [5, 5.41) is 9.73. The zero-order chi connectivity index (χ0) is 23.6. The van der Waals surface area contributed by atoms with Gasteiger partial charge in [-0.3, -0.25) is 9.78 Å². The maximum atomic E-state index is 12.6. The summed E-state index contributed by atoms with van der Waals surface area (Å²) in [5.74, 6) is 0.849. The molecule has 0 unspecified atom stereocenters. The molecule has 0 aliphatic heterocycles. The Kier molecular flexibility index (Phi) is 5.54. The highest BCUT2D eigenvalue weighted by molar-refractivity contribution is 5.92. The third-order valence-corrected chi connectivity index (χ3v) is 6.33. The van der Waals surface area contributed by atoms with Crippen molar-refractivity contribution in [3.05, 3.63) is 96.6 Å². The molecule has 172 valence electrons. The topological polar surface area (TPSA) is 79.8 Å². The van der Waals surface area contributed by atoms with E-state index in [0.29, 0.717) is 12.6 Å². The van der Waals surface area contributed by atoms with Crippen molar-refractivity contribution >= 4 is 33.4 Å². The molecule has 5 aromatic rings. The molecule has 0 spiro atoms. The molecule has 0 radical (unpaired) electrons. The van der Waals surface area contributed by atoms with Gasteiger partial charge in [0.05, 0.1) is 17.6 Å². The number of benzene rings is 3. The molecule has 6 nitrogen and oxygen atoms in total. The third kappa shape index (κ3) is 4.82. The molecule has 0 atom stereocenters. The Bertz CT molecular complexity index is 1540. The number of rotatable bonds is 7. The zero-order valence-electron chi connectivity index (χ0n) is 19.2. The van der Waals surface area contributed by atoms with Gasteiger partial charge in [-0.25, -0.2) is 9.97 Å². The number of nitrogens with one attached hydrogen (secondary N) is 2. The minimum absolute atomic E-state index is 0.0446. The molecule has 1 fully saturated rings. The SMILES string of the molecule is O=C(Cc1cc2ccccc2cn1)NCc1cccc(-c2ccc3ncnc(NC4CC4)c3c2)c1. The molecule has 1 aliphatic rings. The molecule has 0 bridgehead atoms. The highest BCUT2D eigenvalue weighted by Gasteiger charge is 2.22. The number of amides is 1. The largest absolute Gasteiger partial charge is 0.367 e. The smallest absolute Gasteiger partial charge is 0.226 e. The van der Waals surface area contributed by atoms with Gasteiger partial charge in [-0.05, 0) is 59.2 Å². The van der Waals surface area contributed by atoms with Crippen molar-refractivity contribution in [2.24, 2.45) is 0 Å². The Hall–Kier alpha value is -4.32. The van der Waals surface area contributed by atoms with Gasteiger partial charge in [0.2, 0.25) is 5.91 Å². The summed E-state index contributed by atoms with van der Waals surface area (Å²) < 4.78 is 0. The lowest BCUT2D eigenvalue weighted by molar-refractivity contribution is -0.120. The summed E-state index contributed by atoms with van der Waals surface area (Å²) in [5.41, 5.74) is 4.93. The highest BCUT2D eigenvalue weighted by atomic mass is 16.1. The quantitative estimate of drug-likeness (QED) is 0.346. The molecule has 1 aliphatic carbocycles. The van der Waals surface area contributed by atoms with E-state index in [1.165, 1.54) is 12.8 Å². The number of aromatic nitrogens is 3. The Morgan fingerprint density at radius 1 is 0.857 bits per heavy atom. The van der Waals surface area contributed by atoms with Gasteiger partial charge in [-0.15, -0.1) is 0 Å². The Balaban J connectivity index is 1.16. The molecule has 1 amide bonds. The molecule has 2 heterocycles. The number of hydrogen-bond acceptors (Lipinski definition) is 5. The first-order chi connectivity index (χ1) is 17.2. The number of carbonyl (C=O) groups is 1. The van der Waals surface area contributed by atoms with Crippen LogP contribution < -0.4 is 10.6 Å². The summed E-state index contributed by atoms with van der Waals surface area (Å²) in [4.78, 5) is 25.9. The van der Waals surface area contributed by atoms with Crippen molar-refractivity contribution in [2.45, 2.75) is 31.8 Å². The maximum absolute atomic E-state index is 12.6. The number of fused-ring (bicyclic) bond motifs is 2. The van der Waals surface area contributed by atoms with Crippen molar-refractivity contribution in [2.75, 3.05) is 5.32 Å². The predicted octanol–water partition coefficient (Wildman–Crippen LogP) is 5.28. The van der Waals surface area contributed by atoms with Crippen molar-refractivity contribution in [3.63, 3.8) is 0 Å². The second kappa shape index (κ2) is 9.14. The normalized spacial score (nSPS) is 13.1. The van der Waals surface area contributed by atoms with Crippen LogP contribution in [0.2, 0.25) is 0 Å². The fourth-order valence-electron chi connectivity index (χ4n) is 4.29. The molecule has 2 N–H and O–H groups in total. The van der Waals surface area contributed by atoms with E-state index in [9.17, 15) is 4.79 Å². The molecule has 35 heavy (non-hydrogen) atoms. The van der Waals surface area contributed by atoms with Gasteiger partial charge in [0, 0.05) is 29.6 Å². The monoisotopic (exact) mass is 459 g/mol. The predicted molar refractivity (Wildman–Crippen MR) is 139 cm³/mol. The number of pyridine rings is 1. The first-order valence-electron chi connectivity index (χ1n) is 11.9. The van der Waals surface area contributed by atoms with Gasteiger partial charge in [0.15, 0.2) is 0 Å². The Labute approximate surface area is 203 Å². The van der Waals surface area contributed by atoms with Gasteiger partial charge in [-0.2, -0.15) is 0 Å². The molecule has 0 saturated heterocycles. The second-order valence-electron chi connectivity index (χ2n) is 9.05. The average Bonchev–Trinajstić information content (AvgIpc) is 3.72. The van der Waals surface area contributed by atoms with Crippen LogP contribution in [0.4, 0.5) is 5.82 Å². The van der Waals surface area contributed by atoms with E-state index in [2.05, 4.69) is 49.9 Å². The van der Waals surface area contributed by atoms with E-state index in [1.807, 2.05) is 54.7 Å². The average molecular weight is 460 g/mol. The van der Waals surface area contributed by atoms with Crippen molar-refractivity contribution in [1.29, 1.82) is 0 Å². The Morgan fingerprint density at radius 3 is 2.60 bits per heavy atom. The van der Waals surface area contributed by atoms with Crippen LogP contribution in [0.15, 0.2) is 85.3 Å². The van der Waals surface area contributed by atoms with Crippen LogP contribution in [0.5, 0.6) is 0 Å². The number of anilines is 1. The molecule has 2 aromatic heterocycles. The first kappa shape index (κ1) is 21.2. The second-order valence-corrected chi connectivity index (χ2v) is 9.05. The first-order valence-corrected chi connectivity index (χ1v) is 11.9. The number of hydrogen-bond donors (Lipinski definition) is 2. The lowest BCUT2D eigenvalue weighted by Crippen LogP contribution is -2.24. The van der Waals surface area contributed by atoms with E-state index >= 15 is 0 Å². The number of nitrogens with zero attached hydrogens (tertiary/aromatic N) is 3. The summed E-state index contributed by atoms with van der Waals surface area (Å²) in [6.07, 6.45) is 6.07. The fourth-order valence-corrected chi connectivity index (χ4v) is 4.29. The van der Waals surface area contributed by atoms with E-state index in [4.69, 9.17) is 0 Å². The van der Waals surface area contributed by atoms with Crippen LogP contribution >= 0.6 is 0 Å². The Morgan fingerprint density at radius 2 is 1.71 bits per heavy atom. The van der Waals surface area contributed by atoms with E-state index < -0.39 is 0 Å². The summed E-state index contributed by atoms with van der Waals surface area (Å²) in [7, 11) is 0. The molecule has 3 aromatic carbocycles. The molecule has 6 heteroatoms. The van der Waals surface area contributed by atoms with Crippen LogP contribution in [0.25, 0.3) is 32.8 Å². The van der Waals surface area contributed by atoms with Gasteiger partial charge < -0.3 is 10.6 Å². The van der Waals surface area contributed by atoms with Crippen LogP contribution in [-0.2, 0) is 17.8 Å². The lowest BCUT2D eigenvalue weighted by Gasteiger charge is -2.10. The van der Waals surface area contributed by atoms with Gasteiger partial charge in [0.1, 0.15) is 12.1 Å². The van der Waals surface area contributed by atoms with Crippen LogP contribution in [0.3, 0.4) is 0 Å². The molecule has 1 saturated carbocycles. The van der Waals surface area contributed by atoms with Crippen molar-refractivity contribution in [3.8, 4) is 11.1 Å². The molecular formula is C29H25N5O. The maximum Gasteiger partial charge on any atom is 0.226 e. The summed E-state index contributed by atoms with van der Waals surface area (Å²) in [6.45, 7) is 0.464. The summed E-state index contributed by atoms with van der Waals surface area (Å²) >= 11 is 0. The molecular weight excluding hydrogens is 434 g/mol. The summed E-state index contributed by atoms with van der Waals surface area (Å²) in [6, 6.07) is 25.1.